The van der Waals surface area contributed by atoms with Crippen LogP contribution in [0.25, 0.3) is 16.9 Å². The van der Waals surface area contributed by atoms with Crippen LogP contribution in [0.2, 0.25) is 0 Å². The van der Waals surface area contributed by atoms with Crippen LogP contribution in [0.3, 0.4) is 0 Å². The summed E-state index contributed by atoms with van der Waals surface area (Å²) in [4.78, 5) is 12.9. The van der Waals surface area contributed by atoms with Crippen molar-refractivity contribution in [1.29, 1.82) is 0 Å². The molecule has 14 heteroatoms. The van der Waals surface area contributed by atoms with E-state index in [0.29, 0.717) is 16.9 Å². The number of rotatable bonds is 9. The standard InChI is InChI=1S/C24H28F4N6O2.CH3NO/c1-23(2,35)13-36-12-14-5-6-33-19(11-31-20(33)7-14)18-8-15(3-4-17(18)21(25)26)22(29)32-34(30)16-9-24(27,28)10-16;2-1-3/h3-8,11,16,21,35H,9-10,12-13,30H2,1-2H3,(H2,29,32);1H,(H2,2,3). The number of nitrogens with zero attached hydrogens (tertiary/aromatic N) is 4. The van der Waals surface area contributed by atoms with Crippen molar-refractivity contribution in [2.45, 2.75) is 57.3 Å². The number of ether oxygens (including phenoxy) is 1. The highest BCUT2D eigenvalue weighted by atomic mass is 19.3. The SMILES string of the molecule is CC(C)(O)COCc1ccn2c(-c3cc(/C(N)=N/N(N)C4CC(F)(F)C4)ccc3C(F)F)cnc2c1.NC=O. The molecule has 0 aliphatic heterocycles. The molecule has 2 heterocycles. The number of fused-ring (bicyclic) bond motifs is 1. The summed E-state index contributed by atoms with van der Waals surface area (Å²) in [6.45, 7) is 3.67. The number of amides is 1. The third-order valence-electron chi connectivity index (χ3n) is 5.83. The van der Waals surface area contributed by atoms with Crippen molar-refractivity contribution in [3.05, 3.63) is 59.4 Å². The number of halogens is 4. The third kappa shape index (κ3) is 7.65. The fraction of sp³-hybridized carbons (Fsp3) is 0.400. The van der Waals surface area contributed by atoms with E-state index in [9.17, 15) is 22.7 Å². The zero-order valence-corrected chi connectivity index (χ0v) is 21.4. The number of nitrogens with two attached hydrogens (primary N) is 3. The highest BCUT2D eigenvalue weighted by Crippen LogP contribution is 2.39. The molecule has 3 aromatic rings. The molecule has 0 radical (unpaired) electrons. The van der Waals surface area contributed by atoms with Crippen molar-refractivity contribution in [2.75, 3.05) is 6.61 Å². The number of hydrogen-bond donors (Lipinski definition) is 4. The molecule has 2 aromatic heterocycles. The van der Waals surface area contributed by atoms with Gasteiger partial charge in [0.05, 0.1) is 36.7 Å². The van der Waals surface area contributed by atoms with Crippen LogP contribution in [0.4, 0.5) is 17.6 Å². The quantitative estimate of drug-likeness (QED) is 0.0792. The molecule has 1 aromatic carbocycles. The number of hydrazine groups is 1. The number of aromatic nitrogens is 2. The normalized spacial score (nSPS) is 15.6. The molecule has 0 spiro atoms. The molecule has 1 aliphatic rings. The lowest BCUT2D eigenvalue weighted by molar-refractivity contribution is -0.124. The Balaban J connectivity index is 0.00000134. The summed E-state index contributed by atoms with van der Waals surface area (Å²) < 4.78 is 61.2. The van der Waals surface area contributed by atoms with Crippen LogP contribution in [-0.4, -0.2) is 56.0 Å². The van der Waals surface area contributed by atoms with E-state index in [2.05, 4.69) is 15.8 Å². The van der Waals surface area contributed by atoms with E-state index in [1.54, 1.807) is 36.6 Å². The average Bonchev–Trinajstić information content (AvgIpc) is 3.25. The maximum Gasteiger partial charge on any atom is 0.264 e. The van der Waals surface area contributed by atoms with Crippen LogP contribution in [-0.2, 0) is 16.1 Å². The molecular weight excluding hydrogens is 522 g/mol. The Labute approximate surface area is 222 Å². The van der Waals surface area contributed by atoms with E-state index in [1.165, 1.54) is 24.4 Å². The number of pyridine rings is 1. The lowest BCUT2D eigenvalue weighted by Crippen LogP contribution is -2.52. The molecule has 0 bridgehead atoms. The van der Waals surface area contributed by atoms with Crippen molar-refractivity contribution in [3.63, 3.8) is 0 Å². The first kappa shape index (κ1) is 29.8. The lowest BCUT2D eigenvalue weighted by Gasteiger charge is -2.38. The van der Waals surface area contributed by atoms with Gasteiger partial charge in [0, 0.05) is 35.7 Å². The van der Waals surface area contributed by atoms with Gasteiger partial charge in [-0.25, -0.2) is 33.5 Å². The smallest absolute Gasteiger partial charge is 0.264 e. The summed E-state index contributed by atoms with van der Waals surface area (Å²) in [6.07, 6.45) is -0.209. The van der Waals surface area contributed by atoms with Crippen molar-refractivity contribution >= 4 is 17.9 Å². The van der Waals surface area contributed by atoms with Gasteiger partial charge in [0.25, 0.3) is 12.3 Å². The molecule has 1 amide bonds. The van der Waals surface area contributed by atoms with Crippen molar-refractivity contribution in [3.8, 4) is 11.3 Å². The van der Waals surface area contributed by atoms with Crippen LogP contribution in [0.5, 0.6) is 0 Å². The van der Waals surface area contributed by atoms with Crippen LogP contribution < -0.4 is 17.3 Å². The summed E-state index contributed by atoms with van der Waals surface area (Å²) in [5, 5.41) is 14.7. The second kappa shape index (κ2) is 12.0. The number of amidine groups is 1. The fourth-order valence-corrected chi connectivity index (χ4v) is 3.94. The van der Waals surface area contributed by atoms with Crippen molar-refractivity contribution in [1.82, 2.24) is 14.5 Å². The Hall–Kier alpha value is -3.75. The maximum absolute atomic E-state index is 13.9. The molecular formula is C25H31F4N7O3. The number of alkyl halides is 4. The van der Waals surface area contributed by atoms with Gasteiger partial charge in [-0.2, -0.15) is 0 Å². The minimum atomic E-state index is -2.77. The van der Waals surface area contributed by atoms with Gasteiger partial charge in [-0.15, -0.1) is 5.10 Å². The van der Waals surface area contributed by atoms with Crippen LogP contribution >= 0.6 is 0 Å². The topological polar surface area (TPSA) is 157 Å². The molecule has 0 atom stereocenters. The van der Waals surface area contributed by atoms with E-state index in [4.69, 9.17) is 21.1 Å². The summed E-state index contributed by atoms with van der Waals surface area (Å²) in [7, 11) is 0. The first-order valence-corrected chi connectivity index (χ1v) is 11.8. The number of hydrogen-bond acceptors (Lipinski definition) is 7. The second-order valence-electron chi connectivity index (χ2n) is 9.73. The zero-order chi connectivity index (χ0) is 29.0. The molecule has 212 valence electrons. The molecule has 4 rings (SSSR count). The fourth-order valence-electron chi connectivity index (χ4n) is 3.94. The zero-order valence-electron chi connectivity index (χ0n) is 21.4. The Bertz CT molecular complexity index is 1320. The highest BCUT2D eigenvalue weighted by Gasteiger charge is 2.47. The largest absolute Gasteiger partial charge is 0.388 e. The van der Waals surface area contributed by atoms with Gasteiger partial charge in [0.1, 0.15) is 5.65 Å². The van der Waals surface area contributed by atoms with Crippen molar-refractivity contribution < 1.29 is 32.2 Å². The first-order valence-electron chi connectivity index (χ1n) is 11.8. The number of primary amides is 1. The molecule has 1 aliphatic carbocycles. The molecule has 1 saturated carbocycles. The highest BCUT2D eigenvalue weighted by molar-refractivity contribution is 5.98. The van der Waals surface area contributed by atoms with E-state index in [-0.39, 0.29) is 36.6 Å². The van der Waals surface area contributed by atoms with Gasteiger partial charge < -0.3 is 21.3 Å². The second-order valence-corrected chi connectivity index (χ2v) is 9.73. The van der Waals surface area contributed by atoms with Gasteiger partial charge in [-0.05, 0) is 37.6 Å². The third-order valence-corrected chi connectivity index (χ3v) is 5.83. The minimum absolute atomic E-state index is 0.0881. The molecule has 1 fully saturated rings. The van der Waals surface area contributed by atoms with Crippen molar-refractivity contribution in [2.24, 2.45) is 22.4 Å². The first-order chi connectivity index (χ1) is 18.2. The number of hydrazone groups is 1. The van der Waals surface area contributed by atoms with E-state index in [1.807, 2.05) is 0 Å². The Morgan fingerprint density at radius 2 is 2.00 bits per heavy atom. The van der Waals surface area contributed by atoms with Gasteiger partial charge in [0.15, 0.2) is 5.84 Å². The molecule has 7 N–H and O–H groups in total. The Kier molecular flexibility index (Phi) is 9.14. The van der Waals surface area contributed by atoms with E-state index in [0.717, 1.165) is 10.7 Å². The number of benzene rings is 1. The van der Waals surface area contributed by atoms with Gasteiger partial charge in [0.2, 0.25) is 6.41 Å². The Morgan fingerprint density at radius 3 is 2.59 bits per heavy atom. The van der Waals surface area contributed by atoms with Gasteiger partial charge in [-0.1, -0.05) is 12.1 Å². The molecule has 10 nitrogen and oxygen atoms in total. The summed E-state index contributed by atoms with van der Waals surface area (Å²) in [6, 6.07) is 6.95. The predicted octanol–water partition coefficient (Wildman–Crippen LogP) is 2.92. The van der Waals surface area contributed by atoms with Gasteiger partial charge >= 0.3 is 0 Å². The van der Waals surface area contributed by atoms with Crippen LogP contribution in [0.1, 0.15) is 49.8 Å². The summed E-state index contributed by atoms with van der Waals surface area (Å²) in [5.41, 5.74) is 11.2. The van der Waals surface area contributed by atoms with E-state index >= 15 is 0 Å². The summed E-state index contributed by atoms with van der Waals surface area (Å²) >= 11 is 0. The lowest BCUT2D eigenvalue weighted by atomic mass is 9.88. The minimum Gasteiger partial charge on any atom is -0.388 e. The summed E-state index contributed by atoms with van der Waals surface area (Å²) in [5.74, 6) is 2.91. The van der Waals surface area contributed by atoms with Gasteiger partial charge in [-0.3, -0.25) is 9.20 Å². The number of imidazole rings is 1. The van der Waals surface area contributed by atoms with E-state index < -0.39 is 36.8 Å². The molecule has 39 heavy (non-hydrogen) atoms. The monoisotopic (exact) mass is 553 g/mol. The molecule has 0 unspecified atom stereocenters. The maximum atomic E-state index is 13.9. The Morgan fingerprint density at radius 1 is 1.33 bits per heavy atom. The number of carbonyl (C=O) groups is 1. The van der Waals surface area contributed by atoms with Crippen LogP contribution in [0.15, 0.2) is 47.8 Å². The number of aliphatic hydroxyl groups is 1. The average molecular weight is 554 g/mol. The predicted molar refractivity (Wildman–Crippen MR) is 137 cm³/mol. The molecule has 0 saturated heterocycles. The van der Waals surface area contributed by atoms with Crippen LogP contribution in [0, 0.1) is 0 Å². The number of carbonyl (C=O) groups excluding carboxylic acids is 1.